The Hall–Kier alpha value is -2.86. The molecule has 1 heterocycles. The largest absolute Gasteiger partial charge is 0.420 e. The van der Waals surface area contributed by atoms with Gasteiger partial charge in [-0.05, 0) is 30.2 Å². The number of para-hydroxylation sites is 2. The Labute approximate surface area is 145 Å². The Morgan fingerprint density at radius 1 is 1.20 bits per heavy atom. The summed E-state index contributed by atoms with van der Waals surface area (Å²) in [6.45, 7) is 2.23. The Morgan fingerprint density at radius 2 is 1.92 bits per heavy atom. The van der Waals surface area contributed by atoms with E-state index in [0.29, 0.717) is 17.6 Å². The third-order valence-corrected chi connectivity index (χ3v) is 4.18. The van der Waals surface area contributed by atoms with E-state index in [1.807, 2.05) is 31.2 Å². The number of hydrogen-bond acceptors (Lipinski definition) is 4. The van der Waals surface area contributed by atoms with Gasteiger partial charge in [0, 0.05) is 13.7 Å². The van der Waals surface area contributed by atoms with Gasteiger partial charge in [0.2, 0.25) is 5.91 Å². The van der Waals surface area contributed by atoms with Crippen molar-refractivity contribution >= 4 is 17.0 Å². The van der Waals surface area contributed by atoms with Crippen LogP contribution in [0.25, 0.3) is 11.1 Å². The van der Waals surface area contributed by atoms with Crippen molar-refractivity contribution in [3.63, 3.8) is 0 Å². The highest BCUT2D eigenvalue weighted by Gasteiger charge is 2.16. The van der Waals surface area contributed by atoms with E-state index in [4.69, 9.17) is 9.15 Å². The number of rotatable bonds is 6. The van der Waals surface area contributed by atoms with Gasteiger partial charge in [-0.25, -0.2) is 4.79 Å². The van der Waals surface area contributed by atoms with Crippen LogP contribution in [0.3, 0.4) is 0 Å². The number of methoxy groups -OCH3 is 1. The molecule has 6 nitrogen and oxygen atoms in total. The quantitative estimate of drug-likeness (QED) is 0.748. The van der Waals surface area contributed by atoms with Gasteiger partial charge in [-0.1, -0.05) is 36.4 Å². The van der Waals surface area contributed by atoms with Gasteiger partial charge in [0.25, 0.3) is 0 Å². The molecule has 25 heavy (non-hydrogen) atoms. The summed E-state index contributed by atoms with van der Waals surface area (Å²) in [4.78, 5) is 24.2. The van der Waals surface area contributed by atoms with E-state index in [2.05, 4.69) is 5.32 Å². The summed E-state index contributed by atoms with van der Waals surface area (Å²) >= 11 is 0. The summed E-state index contributed by atoms with van der Waals surface area (Å²) in [5.41, 5.74) is 3.19. The lowest BCUT2D eigenvalue weighted by Gasteiger charge is -2.18. The zero-order valence-corrected chi connectivity index (χ0v) is 14.2. The molecule has 1 unspecified atom stereocenters. The minimum atomic E-state index is -0.543. The maximum Gasteiger partial charge on any atom is 0.420 e. The van der Waals surface area contributed by atoms with Gasteiger partial charge in [0.05, 0.1) is 11.6 Å². The lowest BCUT2D eigenvalue weighted by atomic mass is 10.0. The molecule has 0 bridgehead atoms. The van der Waals surface area contributed by atoms with Gasteiger partial charge in [0.15, 0.2) is 5.58 Å². The predicted molar refractivity (Wildman–Crippen MR) is 94.4 cm³/mol. The molecule has 0 aliphatic heterocycles. The Bertz CT molecular complexity index is 942. The van der Waals surface area contributed by atoms with Crippen LogP contribution in [0, 0.1) is 6.92 Å². The summed E-state index contributed by atoms with van der Waals surface area (Å²) in [5, 5.41) is 2.82. The number of carbonyl (C=O) groups is 1. The van der Waals surface area contributed by atoms with Crippen LogP contribution in [0.4, 0.5) is 0 Å². The minimum Gasteiger partial charge on any atom is -0.408 e. The molecule has 3 aromatic rings. The fourth-order valence-electron chi connectivity index (χ4n) is 2.84. The van der Waals surface area contributed by atoms with Crippen molar-refractivity contribution in [2.75, 3.05) is 13.7 Å². The second-order valence-electron chi connectivity index (χ2n) is 5.81. The number of benzene rings is 2. The van der Waals surface area contributed by atoms with E-state index in [-0.39, 0.29) is 18.6 Å². The average molecular weight is 340 g/mol. The molecule has 0 saturated carbocycles. The van der Waals surface area contributed by atoms with E-state index >= 15 is 0 Å². The third kappa shape index (κ3) is 3.64. The topological polar surface area (TPSA) is 73.5 Å². The van der Waals surface area contributed by atoms with E-state index in [0.717, 1.165) is 11.1 Å². The summed E-state index contributed by atoms with van der Waals surface area (Å²) in [6, 6.07) is 14.9. The van der Waals surface area contributed by atoms with Gasteiger partial charge >= 0.3 is 5.76 Å². The Balaban J connectivity index is 1.69. The number of hydrogen-bond donors (Lipinski definition) is 1. The lowest BCUT2D eigenvalue weighted by molar-refractivity contribution is -0.122. The van der Waals surface area contributed by atoms with Crippen LogP contribution < -0.4 is 11.1 Å². The monoisotopic (exact) mass is 340 g/mol. The first-order valence-electron chi connectivity index (χ1n) is 8.03. The van der Waals surface area contributed by atoms with Gasteiger partial charge in [0.1, 0.15) is 6.54 Å². The van der Waals surface area contributed by atoms with Crippen LogP contribution in [0.1, 0.15) is 17.2 Å². The van der Waals surface area contributed by atoms with Crippen LogP contribution >= 0.6 is 0 Å². The minimum absolute atomic E-state index is 0.0972. The molecular formula is C19H20N2O4. The highest BCUT2D eigenvalue weighted by Crippen LogP contribution is 2.19. The summed E-state index contributed by atoms with van der Waals surface area (Å²) in [5.74, 6) is -0.817. The number of aromatic nitrogens is 1. The number of ether oxygens (including phenoxy) is 1. The second kappa shape index (κ2) is 7.36. The molecule has 1 amide bonds. The van der Waals surface area contributed by atoms with Gasteiger partial charge in [-0.15, -0.1) is 0 Å². The van der Waals surface area contributed by atoms with E-state index in [1.54, 1.807) is 31.4 Å². The number of nitrogens with one attached hydrogen (secondary N) is 1. The number of fused-ring (bicyclic) bond motifs is 1. The molecule has 1 atom stereocenters. The molecule has 0 saturated heterocycles. The molecule has 0 aliphatic rings. The smallest absolute Gasteiger partial charge is 0.408 e. The maximum absolute atomic E-state index is 12.3. The molecule has 1 aromatic heterocycles. The number of carbonyl (C=O) groups excluding carboxylic acids is 1. The molecule has 2 aromatic carbocycles. The molecule has 130 valence electrons. The van der Waals surface area contributed by atoms with Gasteiger partial charge in [-0.3, -0.25) is 9.36 Å². The highest BCUT2D eigenvalue weighted by atomic mass is 16.5. The number of nitrogens with zero attached hydrogens (tertiary/aromatic N) is 1. The Kier molecular flexibility index (Phi) is 5.00. The molecule has 1 N–H and O–H groups in total. The molecule has 0 fully saturated rings. The number of amides is 1. The lowest BCUT2D eigenvalue weighted by Crippen LogP contribution is -2.34. The van der Waals surface area contributed by atoms with Crippen LogP contribution in [-0.4, -0.2) is 24.1 Å². The molecule has 0 aliphatic carbocycles. The number of aryl methyl sites for hydroxylation is 1. The standard InChI is InChI=1S/C19H20N2O4/c1-13-7-3-4-8-14(13)17(24-2)11-20-18(22)12-21-15-9-5-6-10-16(15)25-19(21)23/h3-10,17H,11-12H2,1-2H3,(H,20,22). The fourth-order valence-corrected chi connectivity index (χ4v) is 2.84. The van der Waals surface area contributed by atoms with Crippen molar-refractivity contribution in [3.05, 3.63) is 70.2 Å². The zero-order valence-electron chi connectivity index (χ0n) is 14.2. The van der Waals surface area contributed by atoms with Crippen molar-refractivity contribution in [2.45, 2.75) is 19.6 Å². The molecule has 3 rings (SSSR count). The molecule has 0 radical (unpaired) electrons. The van der Waals surface area contributed by atoms with E-state index in [1.165, 1.54) is 4.57 Å². The van der Waals surface area contributed by atoms with E-state index in [9.17, 15) is 9.59 Å². The van der Waals surface area contributed by atoms with Crippen molar-refractivity contribution in [3.8, 4) is 0 Å². The van der Waals surface area contributed by atoms with Crippen LogP contribution in [0.2, 0.25) is 0 Å². The molecule has 6 heteroatoms. The van der Waals surface area contributed by atoms with Crippen LogP contribution in [0.5, 0.6) is 0 Å². The maximum atomic E-state index is 12.3. The summed E-state index contributed by atoms with van der Waals surface area (Å²) in [6.07, 6.45) is -0.247. The van der Waals surface area contributed by atoms with E-state index < -0.39 is 5.76 Å². The first-order valence-corrected chi connectivity index (χ1v) is 8.03. The zero-order chi connectivity index (χ0) is 17.8. The molecular weight excluding hydrogens is 320 g/mol. The normalized spacial score (nSPS) is 12.2. The highest BCUT2D eigenvalue weighted by molar-refractivity contribution is 5.79. The fraction of sp³-hybridized carbons (Fsp3) is 0.263. The Morgan fingerprint density at radius 3 is 2.68 bits per heavy atom. The summed E-state index contributed by atoms with van der Waals surface area (Å²) in [7, 11) is 1.61. The van der Waals surface area contributed by atoms with Crippen molar-refractivity contribution in [1.29, 1.82) is 0 Å². The summed E-state index contributed by atoms with van der Waals surface area (Å²) < 4.78 is 11.9. The van der Waals surface area contributed by atoms with Crippen LogP contribution in [-0.2, 0) is 16.1 Å². The van der Waals surface area contributed by atoms with Gasteiger partial charge < -0.3 is 14.5 Å². The second-order valence-corrected chi connectivity index (χ2v) is 5.81. The van der Waals surface area contributed by atoms with Gasteiger partial charge in [-0.2, -0.15) is 0 Å². The first-order chi connectivity index (χ1) is 12.1. The number of oxazole rings is 1. The molecule has 0 spiro atoms. The van der Waals surface area contributed by atoms with Crippen LogP contribution in [0.15, 0.2) is 57.7 Å². The first kappa shape index (κ1) is 17.0. The van der Waals surface area contributed by atoms with Crippen molar-refractivity contribution in [1.82, 2.24) is 9.88 Å². The van der Waals surface area contributed by atoms with Crippen molar-refractivity contribution in [2.24, 2.45) is 0 Å². The predicted octanol–water partition coefficient (Wildman–Crippen LogP) is 2.41. The van der Waals surface area contributed by atoms with Crippen molar-refractivity contribution < 1.29 is 13.9 Å². The third-order valence-electron chi connectivity index (χ3n) is 4.18. The SMILES string of the molecule is COC(CNC(=O)Cn1c(=O)oc2ccccc21)c1ccccc1C. The average Bonchev–Trinajstić information content (AvgIpc) is 2.92.